The summed E-state index contributed by atoms with van der Waals surface area (Å²) in [6.07, 6.45) is 0.645. The van der Waals surface area contributed by atoms with Crippen molar-refractivity contribution >= 4 is 5.91 Å². The number of benzene rings is 1. The number of hydrogen-bond acceptors (Lipinski definition) is 5. The zero-order chi connectivity index (χ0) is 19.7. The number of hydrogen-bond donors (Lipinski definition) is 1. The number of amides is 1. The Hall–Kier alpha value is -2.85. The van der Waals surface area contributed by atoms with Crippen LogP contribution in [0.2, 0.25) is 0 Å². The molecule has 2 aliphatic rings. The molecule has 3 heterocycles. The van der Waals surface area contributed by atoms with Gasteiger partial charge in [-0.25, -0.2) is 0 Å². The summed E-state index contributed by atoms with van der Waals surface area (Å²) in [6.45, 7) is 8.50. The van der Waals surface area contributed by atoms with Gasteiger partial charge >= 0.3 is 0 Å². The van der Waals surface area contributed by atoms with E-state index in [1.807, 2.05) is 22.9 Å². The summed E-state index contributed by atoms with van der Waals surface area (Å²) in [5.41, 5.74) is 3.09. The standard InChI is InChI=1S/C21H25N5O2/c1-14(2)11-25-5-6-26-18(12-25)9-19(24-26)21(27)23-17-8-16-7-15(10-22)3-4-20(16)28-13-17/h3-4,7,9,14,17H,5-6,8,11-13H2,1-2H3,(H,23,27)/t17-/m1/s1. The smallest absolute Gasteiger partial charge is 0.272 e. The van der Waals surface area contributed by atoms with E-state index in [-0.39, 0.29) is 11.9 Å². The van der Waals surface area contributed by atoms with Crippen molar-refractivity contribution in [3.63, 3.8) is 0 Å². The highest BCUT2D eigenvalue weighted by atomic mass is 16.5. The lowest BCUT2D eigenvalue weighted by Gasteiger charge is -2.28. The van der Waals surface area contributed by atoms with Crippen molar-refractivity contribution in [2.45, 2.75) is 39.4 Å². The number of nitrogens with one attached hydrogen (secondary N) is 1. The molecule has 7 heteroatoms. The van der Waals surface area contributed by atoms with E-state index in [1.54, 1.807) is 6.07 Å². The third kappa shape index (κ3) is 3.87. The summed E-state index contributed by atoms with van der Waals surface area (Å²) < 4.78 is 7.69. The number of nitriles is 1. The number of carbonyl (C=O) groups is 1. The lowest BCUT2D eigenvalue weighted by Crippen LogP contribution is -2.43. The van der Waals surface area contributed by atoms with Gasteiger partial charge in [-0.1, -0.05) is 13.8 Å². The van der Waals surface area contributed by atoms with Crippen LogP contribution >= 0.6 is 0 Å². The first-order valence-corrected chi connectivity index (χ1v) is 9.77. The zero-order valence-electron chi connectivity index (χ0n) is 16.3. The number of aromatic nitrogens is 2. The van der Waals surface area contributed by atoms with Crippen LogP contribution in [0.3, 0.4) is 0 Å². The quantitative estimate of drug-likeness (QED) is 0.878. The summed E-state index contributed by atoms with van der Waals surface area (Å²) in [5.74, 6) is 1.23. The van der Waals surface area contributed by atoms with Gasteiger partial charge in [-0.15, -0.1) is 0 Å². The maximum absolute atomic E-state index is 12.7. The molecule has 146 valence electrons. The minimum absolute atomic E-state index is 0.134. The second-order valence-electron chi connectivity index (χ2n) is 7.99. The predicted molar refractivity (Wildman–Crippen MR) is 104 cm³/mol. The van der Waals surface area contributed by atoms with Gasteiger partial charge in [-0.05, 0) is 42.2 Å². The lowest BCUT2D eigenvalue weighted by atomic mass is 10.0. The fraction of sp³-hybridized carbons (Fsp3) is 0.476. The van der Waals surface area contributed by atoms with E-state index < -0.39 is 0 Å². The van der Waals surface area contributed by atoms with Crippen LogP contribution in [0, 0.1) is 17.2 Å². The Balaban J connectivity index is 1.41. The van der Waals surface area contributed by atoms with E-state index in [2.05, 4.69) is 35.2 Å². The Kier molecular flexibility index (Phi) is 5.05. The van der Waals surface area contributed by atoms with E-state index in [1.165, 1.54) is 0 Å². The number of carbonyl (C=O) groups excluding carboxylic acids is 1. The zero-order valence-corrected chi connectivity index (χ0v) is 16.3. The molecule has 0 aliphatic carbocycles. The first-order valence-electron chi connectivity index (χ1n) is 9.77. The average Bonchev–Trinajstić information content (AvgIpc) is 3.10. The second-order valence-corrected chi connectivity index (χ2v) is 7.99. The molecule has 0 unspecified atom stereocenters. The minimum atomic E-state index is -0.175. The maximum atomic E-state index is 12.7. The molecule has 0 saturated carbocycles. The van der Waals surface area contributed by atoms with Gasteiger partial charge in [0.05, 0.1) is 29.9 Å². The highest BCUT2D eigenvalue weighted by Gasteiger charge is 2.25. The third-order valence-electron chi connectivity index (χ3n) is 5.16. The topological polar surface area (TPSA) is 83.2 Å². The molecule has 1 N–H and O–H groups in total. The first-order chi connectivity index (χ1) is 13.5. The molecule has 0 saturated heterocycles. The molecule has 2 aliphatic heterocycles. The molecule has 0 bridgehead atoms. The van der Waals surface area contributed by atoms with Crippen LogP contribution in [0.1, 0.15) is 41.2 Å². The fourth-order valence-electron chi connectivity index (χ4n) is 3.92. The lowest BCUT2D eigenvalue weighted by molar-refractivity contribution is 0.0909. The van der Waals surface area contributed by atoms with Crippen molar-refractivity contribution in [2.75, 3.05) is 19.7 Å². The second kappa shape index (κ2) is 7.64. The van der Waals surface area contributed by atoms with E-state index in [0.29, 0.717) is 30.2 Å². The van der Waals surface area contributed by atoms with E-state index in [0.717, 1.165) is 43.2 Å². The predicted octanol–water partition coefficient (Wildman–Crippen LogP) is 1.96. The monoisotopic (exact) mass is 379 g/mol. The molecule has 1 amide bonds. The molecule has 1 aromatic carbocycles. The fourth-order valence-corrected chi connectivity index (χ4v) is 3.92. The van der Waals surface area contributed by atoms with Crippen LogP contribution in [0.25, 0.3) is 0 Å². The van der Waals surface area contributed by atoms with Crippen molar-refractivity contribution in [1.82, 2.24) is 20.0 Å². The molecule has 0 fully saturated rings. The van der Waals surface area contributed by atoms with Crippen LogP contribution in [-0.4, -0.2) is 46.3 Å². The van der Waals surface area contributed by atoms with Gasteiger partial charge in [0.1, 0.15) is 12.4 Å². The average molecular weight is 379 g/mol. The van der Waals surface area contributed by atoms with Gasteiger partial charge in [-0.3, -0.25) is 14.4 Å². The molecular formula is C21H25N5O2. The van der Waals surface area contributed by atoms with Crippen LogP contribution < -0.4 is 10.1 Å². The van der Waals surface area contributed by atoms with Crippen molar-refractivity contribution in [3.8, 4) is 11.8 Å². The summed E-state index contributed by atoms with van der Waals surface area (Å²) in [4.78, 5) is 15.1. The van der Waals surface area contributed by atoms with Crippen molar-refractivity contribution in [1.29, 1.82) is 5.26 Å². The van der Waals surface area contributed by atoms with Crippen LogP contribution in [0.5, 0.6) is 5.75 Å². The maximum Gasteiger partial charge on any atom is 0.272 e. The Bertz CT molecular complexity index is 927. The molecule has 0 radical (unpaired) electrons. The molecule has 28 heavy (non-hydrogen) atoms. The number of nitrogens with zero attached hydrogens (tertiary/aromatic N) is 4. The van der Waals surface area contributed by atoms with E-state index >= 15 is 0 Å². The normalized spacial score (nSPS) is 18.7. The van der Waals surface area contributed by atoms with E-state index in [4.69, 9.17) is 10.00 Å². The minimum Gasteiger partial charge on any atom is -0.491 e. The van der Waals surface area contributed by atoms with Crippen molar-refractivity contribution in [2.24, 2.45) is 5.92 Å². The Morgan fingerprint density at radius 2 is 2.25 bits per heavy atom. The highest BCUT2D eigenvalue weighted by molar-refractivity contribution is 5.92. The summed E-state index contributed by atoms with van der Waals surface area (Å²) in [7, 11) is 0. The van der Waals surface area contributed by atoms with Crippen molar-refractivity contribution < 1.29 is 9.53 Å². The summed E-state index contributed by atoms with van der Waals surface area (Å²) in [5, 5.41) is 16.6. The number of rotatable bonds is 4. The number of fused-ring (bicyclic) bond motifs is 2. The molecule has 2 aromatic rings. The van der Waals surface area contributed by atoms with Gasteiger partial charge in [0, 0.05) is 19.6 Å². The van der Waals surface area contributed by atoms with Crippen LogP contribution in [0.4, 0.5) is 0 Å². The molecule has 0 spiro atoms. The van der Waals surface area contributed by atoms with Gasteiger partial charge in [-0.2, -0.15) is 10.4 Å². The molecule has 1 aromatic heterocycles. The van der Waals surface area contributed by atoms with Crippen LogP contribution in [0.15, 0.2) is 24.3 Å². The van der Waals surface area contributed by atoms with E-state index in [9.17, 15) is 4.79 Å². The summed E-state index contributed by atoms with van der Waals surface area (Å²) in [6, 6.07) is 9.29. The van der Waals surface area contributed by atoms with Gasteiger partial charge < -0.3 is 10.1 Å². The largest absolute Gasteiger partial charge is 0.491 e. The Labute approximate surface area is 164 Å². The van der Waals surface area contributed by atoms with Crippen LogP contribution in [-0.2, 0) is 19.5 Å². The van der Waals surface area contributed by atoms with Gasteiger partial charge in [0.25, 0.3) is 5.91 Å². The Morgan fingerprint density at radius 3 is 3.04 bits per heavy atom. The van der Waals surface area contributed by atoms with Gasteiger partial charge in [0.2, 0.25) is 0 Å². The van der Waals surface area contributed by atoms with Crippen molar-refractivity contribution in [3.05, 3.63) is 46.8 Å². The third-order valence-corrected chi connectivity index (χ3v) is 5.16. The highest BCUT2D eigenvalue weighted by Crippen LogP contribution is 2.26. The van der Waals surface area contributed by atoms with Gasteiger partial charge in [0.15, 0.2) is 5.69 Å². The first kappa shape index (κ1) is 18.5. The molecular weight excluding hydrogens is 354 g/mol. The number of ether oxygens (including phenoxy) is 1. The Morgan fingerprint density at radius 1 is 1.39 bits per heavy atom. The SMILES string of the molecule is CC(C)CN1CCn2nc(C(=O)N[C@H]3COc4ccc(C#N)cc4C3)cc2C1. The molecule has 4 rings (SSSR count). The summed E-state index contributed by atoms with van der Waals surface area (Å²) >= 11 is 0. The molecule has 1 atom stereocenters. The molecule has 7 nitrogen and oxygen atoms in total.